The molecule has 0 aromatic heterocycles. The Hall–Kier alpha value is -0.830. The number of amides is 1. The first kappa shape index (κ1) is 11.2. The first-order chi connectivity index (χ1) is 5.63. The van der Waals surface area contributed by atoms with Gasteiger partial charge in [-0.15, -0.1) is 0 Å². The monoisotopic (exact) mass is 171 g/mol. The molecule has 1 rings (SSSR count). The van der Waals surface area contributed by atoms with E-state index < -0.39 is 0 Å². The van der Waals surface area contributed by atoms with Gasteiger partial charge in [0, 0.05) is 12.7 Å². The quantitative estimate of drug-likeness (QED) is 0.551. The van der Waals surface area contributed by atoms with Crippen LogP contribution in [0.3, 0.4) is 0 Å². The number of carbonyl (C=O) groups excluding carboxylic acids is 1. The molecule has 1 aliphatic heterocycles. The third-order valence-electron chi connectivity index (χ3n) is 1.34. The van der Waals surface area contributed by atoms with Crippen molar-refractivity contribution >= 4 is 5.91 Å². The van der Waals surface area contributed by atoms with Crippen molar-refractivity contribution in [3.8, 4) is 0 Å². The number of hydrogen-bond donors (Lipinski definition) is 0. The number of ether oxygens (including phenoxy) is 1. The number of hydrogen-bond acceptors (Lipinski definition) is 2. The smallest absolute Gasteiger partial charge is 0.252 e. The number of carbonyl (C=O) groups is 1. The van der Waals surface area contributed by atoms with Gasteiger partial charge in [0.1, 0.15) is 6.61 Å². The Morgan fingerprint density at radius 1 is 1.50 bits per heavy atom. The summed E-state index contributed by atoms with van der Waals surface area (Å²) in [6, 6.07) is 0. The predicted molar refractivity (Wildman–Crippen MR) is 48.7 cm³/mol. The zero-order chi connectivity index (χ0) is 9.56. The van der Waals surface area contributed by atoms with E-state index in [4.69, 9.17) is 4.74 Å². The third-order valence-corrected chi connectivity index (χ3v) is 1.34. The Labute approximate surface area is 74.0 Å². The summed E-state index contributed by atoms with van der Waals surface area (Å²) >= 11 is 0. The molecule has 0 spiro atoms. The van der Waals surface area contributed by atoms with Crippen LogP contribution >= 0.6 is 0 Å². The van der Waals surface area contributed by atoms with Crippen LogP contribution in [0, 0.1) is 0 Å². The zero-order valence-electron chi connectivity index (χ0n) is 8.09. The van der Waals surface area contributed by atoms with Crippen LogP contribution in [0.25, 0.3) is 0 Å². The fraction of sp³-hybridized carbons (Fsp3) is 0.667. The fourth-order valence-corrected chi connectivity index (χ4v) is 0.626. The van der Waals surface area contributed by atoms with Gasteiger partial charge in [-0.2, -0.15) is 0 Å². The van der Waals surface area contributed by atoms with Gasteiger partial charge in [0.2, 0.25) is 0 Å². The maximum absolute atomic E-state index is 10.7. The van der Waals surface area contributed by atoms with E-state index >= 15 is 0 Å². The van der Waals surface area contributed by atoms with E-state index in [2.05, 4.69) is 20.4 Å². The molecular weight excluding hydrogens is 154 g/mol. The second-order valence-corrected chi connectivity index (χ2v) is 2.72. The summed E-state index contributed by atoms with van der Waals surface area (Å²) < 4.78 is 4.87. The first-order valence-electron chi connectivity index (χ1n) is 4.15. The number of morpholine rings is 1. The fourth-order valence-electron chi connectivity index (χ4n) is 0.626. The van der Waals surface area contributed by atoms with Crippen molar-refractivity contribution in [2.24, 2.45) is 0 Å². The molecule has 0 aliphatic carbocycles. The molecule has 0 bridgehead atoms. The van der Waals surface area contributed by atoms with Gasteiger partial charge in [-0.1, -0.05) is 26.8 Å². The highest BCUT2D eigenvalue weighted by atomic mass is 16.5. The number of nitrogens with zero attached hydrogens (tertiary/aromatic N) is 1. The van der Waals surface area contributed by atoms with Crippen LogP contribution in [-0.2, 0) is 9.53 Å². The van der Waals surface area contributed by atoms with E-state index in [9.17, 15) is 4.79 Å². The van der Waals surface area contributed by atoms with Crippen LogP contribution in [0.15, 0.2) is 12.3 Å². The van der Waals surface area contributed by atoms with Crippen molar-refractivity contribution in [1.82, 2.24) is 4.90 Å². The molecule has 1 heterocycles. The van der Waals surface area contributed by atoms with Gasteiger partial charge in [-0.3, -0.25) is 4.79 Å². The molecule has 1 aliphatic rings. The summed E-state index contributed by atoms with van der Waals surface area (Å²) in [7, 11) is 1.70. The topological polar surface area (TPSA) is 29.5 Å². The first-order valence-corrected chi connectivity index (χ1v) is 4.15. The molecule has 0 aromatic carbocycles. The standard InChI is InChI=1S/C6H9NO2.C3H8/c1-5-3-9-4-6(8)7(5)2;1-3-2/h1,3-4H2,2H3;3H2,1-2H3. The molecule has 0 unspecified atom stereocenters. The average Bonchev–Trinajstić information content (AvgIpc) is 2.02. The van der Waals surface area contributed by atoms with Crippen molar-refractivity contribution in [3.63, 3.8) is 0 Å². The molecule has 0 aromatic rings. The molecule has 0 N–H and O–H groups in total. The molecular formula is C9H17NO2. The van der Waals surface area contributed by atoms with Gasteiger partial charge in [0.05, 0.1) is 6.61 Å². The van der Waals surface area contributed by atoms with Crippen molar-refractivity contribution in [1.29, 1.82) is 0 Å². The summed E-state index contributed by atoms with van der Waals surface area (Å²) in [6.07, 6.45) is 1.25. The summed E-state index contributed by atoms with van der Waals surface area (Å²) in [5.74, 6) is -0.0220. The van der Waals surface area contributed by atoms with Gasteiger partial charge in [-0.05, 0) is 0 Å². The van der Waals surface area contributed by atoms with E-state index in [1.165, 1.54) is 11.3 Å². The Morgan fingerprint density at radius 2 is 2.00 bits per heavy atom. The molecule has 0 saturated carbocycles. The third kappa shape index (κ3) is 3.53. The van der Waals surface area contributed by atoms with Gasteiger partial charge in [0.15, 0.2) is 0 Å². The average molecular weight is 171 g/mol. The maximum Gasteiger partial charge on any atom is 0.252 e. The summed E-state index contributed by atoms with van der Waals surface area (Å²) in [5, 5.41) is 0. The lowest BCUT2D eigenvalue weighted by atomic mass is 10.4. The molecule has 0 radical (unpaired) electrons. The molecule has 3 heteroatoms. The minimum atomic E-state index is -0.0220. The second-order valence-electron chi connectivity index (χ2n) is 2.72. The normalized spacial score (nSPS) is 17.1. The van der Waals surface area contributed by atoms with Crippen LogP contribution in [0.5, 0.6) is 0 Å². The maximum atomic E-state index is 10.7. The highest BCUT2D eigenvalue weighted by Crippen LogP contribution is 2.05. The van der Waals surface area contributed by atoms with Crippen molar-refractivity contribution in [3.05, 3.63) is 12.3 Å². The molecule has 3 nitrogen and oxygen atoms in total. The molecule has 0 atom stereocenters. The van der Waals surface area contributed by atoms with E-state index in [1.807, 2.05) is 0 Å². The highest BCUT2D eigenvalue weighted by Gasteiger charge is 2.16. The van der Waals surface area contributed by atoms with E-state index in [0.29, 0.717) is 6.61 Å². The Balaban J connectivity index is 0.000000354. The summed E-state index contributed by atoms with van der Waals surface area (Å²) in [4.78, 5) is 12.3. The Morgan fingerprint density at radius 3 is 2.33 bits per heavy atom. The highest BCUT2D eigenvalue weighted by molar-refractivity contribution is 5.79. The van der Waals surface area contributed by atoms with Crippen LogP contribution in [0.1, 0.15) is 20.3 Å². The SMILES string of the molecule is C=C1COCC(=O)N1C.CCC. The second kappa shape index (κ2) is 5.77. The molecule has 1 amide bonds. The molecule has 70 valence electrons. The summed E-state index contributed by atoms with van der Waals surface area (Å²) in [6.45, 7) is 8.54. The lowest BCUT2D eigenvalue weighted by Crippen LogP contribution is -2.36. The van der Waals surface area contributed by atoms with E-state index in [-0.39, 0.29) is 12.5 Å². The number of likely N-dealkylation sites (N-methyl/N-ethyl adjacent to an activating group) is 1. The van der Waals surface area contributed by atoms with E-state index in [0.717, 1.165) is 5.70 Å². The zero-order valence-corrected chi connectivity index (χ0v) is 8.09. The van der Waals surface area contributed by atoms with Crippen LogP contribution in [0.4, 0.5) is 0 Å². The number of rotatable bonds is 0. The molecule has 1 saturated heterocycles. The van der Waals surface area contributed by atoms with Crippen molar-refractivity contribution in [2.45, 2.75) is 20.3 Å². The van der Waals surface area contributed by atoms with Crippen LogP contribution in [0.2, 0.25) is 0 Å². The Kier molecular flexibility index (Phi) is 5.37. The molecule has 1 fully saturated rings. The van der Waals surface area contributed by atoms with Crippen molar-refractivity contribution in [2.75, 3.05) is 20.3 Å². The summed E-state index contributed by atoms with van der Waals surface area (Å²) in [5.41, 5.74) is 0.728. The van der Waals surface area contributed by atoms with Gasteiger partial charge >= 0.3 is 0 Å². The van der Waals surface area contributed by atoms with E-state index in [1.54, 1.807) is 7.05 Å². The lowest BCUT2D eigenvalue weighted by Gasteiger charge is -2.24. The minimum absolute atomic E-state index is 0.0220. The lowest BCUT2D eigenvalue weighted by molar-refractivity contribution is -0.137. The Bertz CT molecular complexity index is 150. The van der Waals surface area contributed by atoms with Crippen LogP contribution in [-0.4, -0.2) is 31.1 Å². The minimum Gasteiger partial charge on any atom is -0.365 e. The van der Waals surface area contributed by atoms with Gasteiger partial charge in [0.25, 0.3) is 5.91 Å². The largest absolute Gasteiger partial charge is 0.365 e. The van der Waals surface area contributed by atoms with Crippen molar-refractivity contribution < 1.29 is 9.53 Å². The van der Waals surface area contributed by atoms with Gasteiger partial charge in [-0.25, -0.2) is 0 Å². The molecule has 12 heavy (non-hydrogen) atoms. The van der Waals surface area contributed by atoms with Crippen LogP contribution < -0.4 is 0 Å². The van der Waals surface area contributed by atoms with Gasteiger partial charge < -0.3 is 9.64 Å². The predicted octanol–water partition coefficient (Wildman–Crippen LogP) is 1.41.